The van der Waals surface area contributed by atoms with Crippen LogP contribution in [0.2, 0.25) is 0 Å². The molecule has 0 fully saturated rings. The van der Waals surface area contributed by atoms with Gasteiger partial charge in [-0.2, -0.15) is 0 Å². The van der Waals surface area contributed by atoms with Crippen LogP contribution in [0.25, 0.3) is 11.4 Å². The van der Waals surface area contributed by atoms with Crippen molar-refractivity contribution in [1.29, 1.82) is 0 Å². The summed E-state index contributed by atoms with van der Waals surface area (Å²) in [6.07, 6.45) is 3.43. The molecule has 1 aliphatic rings. The summed E-state index contributed by atoms with van der Waals surface area (Å²) >= 11 is 1.44. The van der Waals surface area contributed by atoms with E-state index in [1.165, 1.54) is 11.8 Å². The number of thioether (sulfide) groups is 1. The number of nitrogens with one attached hydrogen (secondary N) is 1. The lowest BCUT2D eigenvalue weighted by molar-refractivity contribution is 0.795. The second kappa shape index (κ2) is 3.53. The molecule has 0 spiro atoms. The highest BCUT2D eigenvalue weighted by atomic mass is 32.2. The van der Waals surface area contributed by atoms with Crippen molar-refractivity contribution < 1.29 is 0 Å². The van der Waals surface area contributed by atoms with E-state index in [-0.39, 0.29) is 0 Å². The number of rotatable bonds is 1. The minimum atomic E-state index is 0.576. The van der Waals surface area contributed by atoms with E-state index >= 15 is 0 Å². The molecule has 80 valence electrons. The summed E-state index contributed by atoms with van der Waals surface area (Å²) in [5, 5.41) is 10.7. The number of pyridine rings is 1. The zero-order chi connectivity index (χ0) is 11.0. The minimum absolute atomic E-state index is 0.576. The fourth-order valence-electron chi connectivity index (χ4n) is 1.41. The number of aromatic nitrogens is 4. The number of hydrogen-bond donors (Lipinski definition) is 2. The van der Waals surface area contributed by atoms with Gasteiger partial charge >= 0.3 is 0 Å². The smallest absolute Gasteiger partial charge is 0.214 e. The van der Waals surface area contributed by atoms with Crippen LogP contribution in [0.15, 0.2) is 40.9 Å². The van der Waals surface area contributed by atoms with Crippen LogP contribution in [0.1, 0.15) is 0 Å². The van der Waals surface area contributed by atoms with Crippen LogP contribution in [0.5, 0.6) is 0 Å². The van der Waals surface area contributed by atoms with Crippen molar-refractivity contribution in [2.75, 3.05) is 5.43 Å². The number of hydrogen-bond acceptors (Lipinski definition) is 6. The lowest BCUT2D eigenvalue weighted by Crippen LogP contribution is -2.23. The van der Waals surface area contributed by atoms with Crippen LogP contribution in [0.3, 0.4) is 0 Å². The minimum Gasteiger partial charge on any atom is -0.384 e. The summed E-state index contributed by atoms with van der Waals surface area (Å²) in [5.41, 5.74) is 9.63. The summed E-state index contributed by atoms with van der Waals surface area (Å²) in [6, 6.07) is 3.75. The predicted molar refractivity (Wildman–Crippen MR) is 60.7 cm³/mol. The first-order valence-electron chi connectivity index (χ1n) is 4.60. The number of nitrogens with zero attached hydrogens (tertiary/aromatic N) is 4. The van der Waals surface area contributed by atoms with Gasteiger partial charge in [0, 0.05) is 23.4 Å². The molecular weight excluding hydrogens is 224 g/mol. The molecule has 2 aromatic heterocycles. The highest BCUT2D eigenvalue weighted by Crippen LogP contribution is 2.26. The molecule has 6 nitrogen and oxygen atoms in total. The molecule has 0 bridgehead atoms. The van der Waals surface area contributed by atoms with Crippen LogP contribution in [0.4, 0.5) is 0 Å². The molecule has 0 unspecified atom stereocenters. The van der Waals surface area contributed by atoms with Crippen molar-refractivity contribution in [2.45, 2.75) is 5.16 Å². The standard InChI is InChI=1S/C9H8N6S/c10-7-5-16-9-13-12-8(15(9)14-7)6-1-3-11-4-2-6/h1-5,14H,10H2. The van der Waals surface area contributed by atoms with Crippen LogP contribution < -0.4 is 11.2 Å². The van der Waals surface area contributed by atoms with E-state index in [1.807, 2.05) is 12.1 Å². The first-order valence-corrected chi connectivity index (χ1v) is 5.48. The highest BCUT2D eigenvalue weighted by molar-refractivity contribution is 8.02. The molecule has 0 saturated carbocycles. The van der Waals surface area contributed by atoms with Crippen molar-refractivity contribution in [1.82, 2.24) is 19.9 Å². The SMILES string of the molecule is NC1=CSc2nnc(-c3ccncc3)n2N1. The second-order valence-corrected chi connectivity index (χ2v) is 4.02. The highest BCUT2D eigenvalue weighted by Gasteiger charge is 2.17. The zero-order valence-electron chi connectivity index (χ0n) is 8.16. The Morgan fingerprint density at radius 3 is 2.88 bits per heavy atom. The Morgan fingerprint density at radius 1 is 1.25 bits per heavy atom. The van der Waals surface area contributed by atoms with Gasteiger partial charge in [0.1, 0.15) is 5.82 Å². The van der Waals surface area contributed by atoms with Gasteiger partial charge in [0.05, 0.1) is 0 Å². The van der Waals surface area contributed by atoms with E-state index in [0.717, 1.165) is 16.5 Å². The molecular formula is C9H8N6S. The van der Waals surface area contributed by atoms with E-state index in [2.05, 4.69) is 20.6 Å². The summed E-state index contributed by atoms with van der Waals surface area (Å²) in [5.74, 6) is 1.30. The Hall–Kier alpha value is -2.02. The molecule has 3 heterocycles. The van der Waals surface area contributed by atoms with Gasteiger partial charge in [0.15, 0.2) is 5.82 Å². The maximum atomic E-state index is 5.70. The summed E-state index contributed by atoms with van der Waals surface area (Å²) in [4.78, 5) is 3.96. The third-order valence-electron chi connectivity index (χ3n) is 2.10. The first-order chi connectivity index (χ1) is 7.84. The normalized spacial score (nSPS) is 13.9. The maximum Gasteiger partial charge on any atom is 0.214 e. The lowest BCUT2D eigenvalue weighted by Gasteiger charge is -2.15. The van der Waals surface area contributed by atoms with Crippen molar-refractivity contribution in [3.8, 4) is 11.4 Å². The lowest BCUT2D eigenvalue weighted by atomic mass is 10.2. The van der Waals surface area contributed by atoms with Gasteiger partial charge in [-0.15, -0.1) is 10.2 Å². The average Bonchev–Trinajstić information content (AvgIpc) is 2.73. The molecule has 7 heteroatoms. The van der Waals surface area contributed by atoms with E-state index in [0.29, 0.717) is 5.82 Å². The quantitative estimate of drug-likeness (QED) is 0.755. The van der Waals surface area contributed by atoms with Crippen molar-refractivity contribution >= 4 is 11.8 Å². The van der Waals surface area contributed by atoms with Crippen molar-refractivity contribution in [3.05, 3.63) is 35.8 Å². The Kier molecular flexibility index (Phi) is 2.03. The van der Waals surface area contributed by atoms with E-state index in [4.69, 9.17) is 5.73 Å². The molecule has 0 atom stereocenters. The Bertz CT molecular complexity index is 546. The predicted octanol–water partition coefficient (Wildman–Crippen LogP) is 0.747. The topological polar surface area (TPSA) is 81.7 Å². The van der Waals surface area contributed by atoms with Gasteiger partial charge in [0.25, 0.3) is 0 Å². The molecule has 0 aliphatic carbocycles. The molecule has 3 rings (SSSR count). The maximum absolute atomic E-state index is 5.70. The molecule has 0 saturated heterocycles. The fourth-order valence-corrected chi connectivity index (χ4v) is 2.02. The summed E-state index contributed by atoms with van der Waals surface area (Å²) in [6.45, 7) is 0. The van der Waals surface area contributed by atoms with Crippen molar-refractivity contribution in [2.24, 2.45) is 5.73 Å². The van der Waals surface area contributed by atoms with E-state index < -0.39 is 0 Å². The van der Waals surface area contributed by atoms with Crippen LogP contribution >= 0.6 is 11.8 Å². The zero-order valence-corrected chi connectivity index (χ0v) is 8.98. The summed E-state index contributed by atoms with van der Waals surface area (Å²) < 4.78 is 1.76. The van der Waals surface area contributed by atoms with Crippen LogP contribution in [-0.4, -0.2) is 19.9 Å². The third kappa shape index (κ3) is 1.41. The van der Waals surface area contributed by atoms with Gasteiger partial charge in [-0.3, -0.25) is 10.4 Å². The van der Waals surface area contributed by atoms with Crippen LogP contribution in [-0.2, 0) is 0 Å². The van der Waals surface area contributed by atoms with Crippen molar-refractivity contribution in [3.63, 3.8) is 0 Å². The Labute approximate surface area is 95.6 Å². The molecule has 1 aliphatic heterocycles. The number of nitrogens with two attached hydrogens (primary N) is 1. The van der Waals surface area contributed by atoms with Gasteiger partial charge in [-0.1, -0.05) is 11.8 Å². The molecule has 0 radical (unpaired) electrons. The summed E-state index contributed by atoms with van der Waals surface area (Å²) in [7, 11) is 0. The average molecular weight is 232 g/mol. The van der Waals surface area contributed by atoms with Gasteiger partial charge in [-0.25, -0.2) is 4.68 Å². The largest absolute Gasteiger partial charge is 0.384 e. The van der Waals surface area contributed by atoms with Gasteiger partial charge in [0.2, 0.25) is 5.16 Å². The molecule has 0 aromatic carbocycles. The van der Waals surface area contributed by atoms with E-state index in [9.17, 15) is 0 Å². The molecule has 16 heavy (non-hydrogen) atoms. The Morgan fingerprint density at radius 2 is 2.06 bits per heavy atom. The van der Waals surface area contributed by atoms with E-state index in [1.54, 1.807) is 22.5 Å². The monoisotopic (exact) mass is 232 g/mol. The second-order valence-electron chi connectivity index (χ2n) is 3.18. The Balaban J connectivity index is 2.09. The van der Waals surface area contributed by atoms with Crippen LogP contribution in [0, 0.1) is 0 Å². The number of fused-ring (bicyclic) bond motifs is 1. The first kappa shape index (κ1) is 9.22. The van der Waals surface area contributed by atoms with Gasteiger partial charge in [-0.05, 0) is 12.1 Å². The third-order valence-corrected chi connectivity index (χ3v) is 2.95. The fraction of sp³-hybridized carbons (Fsp3) is 0. The molecule has 2 aromatic rings. The van der Waals surface area contributed by atoms with Gasteiger partial charge < -0.3 is 5.73 Å². The molecule has 0 amide bonds. The molecule has 3 N–H and O–H groups in total.